The van der Waals surface area contributed by atoms with Crippen molar-refractivity contribution in [2.75, 3.05) is 44.2 Å². The van der Waals surface area contributed by atoms with E-state index in [-0.39, 0.29) is 5.91 Å². The predicted molar refractivity (Wildman–Crippen MR) is 91.8 cm³/mol. The number of nitrogens with one attached hydrogen (secondary N) is 1. The molecule has 0 spiro atoms. The SMILES string of the molecule is Cc1cc(N2CCC(O)(CNC(=O)CN3CCCCC3)C2)ncn1. The minimum Gasteiger partial charge on any atom is -0.386 e. The molecule has 2 aliphatic rings. The van der Waals surface area contributed by atoms with Crippen LogP contribution >= 0.6 is 0 Å². The normalized spacial score (nSPS) is 25.0. The van der Waals surface area contributed by atoms with Gasteiger partial charge in [0.25, 0.3) is 0 Å². The van der Waals surface area contributed by atoms with Crippen LogP contribution < -0.4 is 10.2 Å². The summed E-state index contributed by atoms with van der Waals surface area (Å²) >= 11 is 0. The quantitative estimate of drug-likeness (QED) is 0.808. The van der Waals surface area contributed by atoms with Crippen LogP contribution in [0.15, 0.2) is 12.4 Å². The van der Waals surface area contributed by atoms with Crippen LogP contribution in [0, 0.1) is 6.92 Å². The third-order valence-electron chi connectivity index (χ3n) is 4.88. The molecule has 2 aliphatic heterocycles. The molecule has 2 N–H and O–H groups in total. The zero-order valence-electron chi connectivity index (χ0n) is 14.4. The van der Waals surface area contributed by atoms with Gasteiger partial charge in [0, 0.05) is 31.4 Å². The van der Waals surface area contributed by atoms with Gasteiger partial charge in [-0.25, -0.2) is 9.97 Å². The molecule has 0 bridgehead atoms. The number of hydrogen-bond acceptors (Lipinski definition) is 6. The van der Waals surface area contributed by atoms with Gasteiger partial charge in [0.1, 0.15) is 17.7 Å². The van der Waals surface area contributed by atoms with Gasteiger partial charge in [-0.3, -0.25) is 9.69 Å². The van der Waals surface area contributed by atoms with Crippen LogP contribution in [-0.2, 0) is 4.79 Å². The summed E-state index contributed by atoms with van der Waals surface area (Å²) in [6.45, 7) is 5.86. The van der Waals surface area contributed by atoms with Gasteiger partial charge in [0.05, 0.1) is 6.54 Å². The molecule has 1 aromatic heterocycles. The van der Waals surface area contributed by atoms with Crippen molar-refractivity contribution >= 4 is 11.7 Å². The second-order valence-corrected chi connectivity index (χ2v) is 7.03. The maximum atomic E-state index is 12.1. The summed E-state index contributed by atoms with van der Waals surface area (Å²) in [5.41, 5.74) is 0.0152. The molecule has 24 heavy (non-hydrogen) atoms. The number of aryl methyl sites for hydroxylation is 1. The van der Waals surface area contributed by atoms with E-state index in [2.05, 4.69) is 20.2 Å². The van der Waals surface area contributed by atoms with E-state index in [1.54, 1.807) is 6.33 Å². The maximum Gasteiger partial charge on any atom is 0.234 e. The molecular formula is C17H27N5O2. The van der Waals surface area contributed by atoms with Crippen molar-refractivity contribution in [1.82, 2.24) is 20.2 Å². The Labute approximate surface area is 143 Å². The lowest BCUT2D eigenvalue weighted by atomic mass is 10.0. The Kier molecular flexibility index (Phi) is 5.30. The highest BCUT2D eigenvalue weighted by Gasteiger charge is 2.37. The van der Waals surface area contributed by atoms with E-state index < -0.39 is 5.60 Å². The Hall–Kier alpha value is -1.73. The van der Waals surface area contributed by atoms with Crippen LogP contribution in [0.3, 0.4) is 0 Å². The van der Waals surface area contributed by atoms with Crippen molar-refractivity contribution in [2.45, 2.75) is 38.2 Å². The van der Waals surface area contributed by atoms with Gasteiger partial charge < -0.3 is 15.3 Å². The highest BCUT2D eigenvalue weighted by Crippen LogP contribution is 2.25. The number of carbonyl (C=O) groups excluding carboxylic acids is 1. The first-order chi connectivity index (χ1) is 11.5. The van der Waals surface area contributed by atoms with Gasteiger partial charge in [-0.15, -0.1) is 0 Å². The van der Waals surface area contributed by atoms with E-state index in [1.807, 2.05) is 17.9 Å². The molecule has 0 aromatic carbocycles. The standard InChI is InChI=1S/C17H27N5O2/c1-14-9-15(20-13-19-14)22-8-5-17(24,12-22)11-18-16(23)10-21-6-3-2-4-7-21/h9,13,24H,2-8,10-12H2,1H3,(H,18,23). The number of β-amino-alcohol motifs (C(OH)–C–C–N with tert-alkyl or cyclic N) is 1. The van der Waals surface area contributed by atoms with Gasteiger partial charge in [0.2, 0.25) is 5.91 Å². The van der Waals surface area contributed by atoms with Crippen LogP contribution in [0.4, 0.5) is 5.82 Å². The molecule has 1 aromatic rings. The fourth-order valence-electron chi connectivity index (χ4n) is 3.45. The summed E-state index contributed by atoms with van der Waals surface area (Å²) in [5, 5.41) is 13.6. The molecule has 1 atom stereocenters. The lowest BCUT2D eigenvalue weighted by Gasteiger charge is -2.27. The summed E-state index contributed by atoms with van der Waals surface area (Å²) in [6, 6.07) is 1.92. The number of nitrogens with zero attached hydrogens (tertiary/aromatic N) is 4. The van der Waals surface area contributed by atoms with Crippen molar-refractivity contribution < 1.29 is 9.90 Å². The van der Waals surface area contributed by atoms with E-state index >= 15 is 0 Å². The number of hydrogen-bond donors (Lipinski definition) is 2. The number of likely N-dealkylation sites (tertiary alicyclic amines) is 1. The van der Waals surface area contributed by atoms with E-state index in [9.17, 15) is 9.90 Å². The minimum absolute atomic E-state index is 0.00153. The van der Waals surface area contributed by atoms with Gasteiger partial charge in [-0.2, -0.15) is 0 Å². The number of aliphatic hydroxyl groups is 1. The number of amides is 1. The molecule has 2 saturated heterocycles. The highest BCUT2D eigenvalue weighted by atomic mass is 16.3. The average Bonchev–Trinajstić information content (AvgIpc) is 2.97. The van der Waals surface area contributed by atoms with Crippen molar-refractivity contribution in [3.05, 3.63) is 18.1 Å². The molecule has 3 heterocycles. The second kappa shape index (κ2) is 7.44. The molecule has 2 fully saturated rings. The molecule has 0 saturated carbocycles. The van der Waals surface area contributed by atoms with Crippen molar-refractivity contribution in [3.63, 3.8) is 0 Å². The van der Waals surface area contributed by atoms with Gasteiger partial charge in [0.15, 0.2) is 0 Å². The van der Waals surface area contributed by atoms with E-state index in [0.29, 0.717) is 26.1 Å². The van der Waals surface area contributed by atoms with Crippen molar-refractivity contribution in [1.29, 1.82) is 0 Å². The number of carbonyl (C=O) groups is 1. The van der Waals surface area contributed by atoms with Crippen LogP contribution in [0.25, 0.3) is 0 Å². The topological polar surface area (TPSA) is 81.6 Å². The van der Waals surface area contributed by atoms with Gasteiger partial charge in [-0.05, 0) is 39.3 Å². The molecular weight excluding hydrogens is 306 g/mol. The average molecular weight is 333 g/mol. The first-order valence-corrected chi connectivity index (χ1v) is 8.79. The predicted octanol–water partition coefficient (Wildman–Crippen LogP) is 0.328. The Balaban J connectivity index is 1.47. The molecule has 0 aliphatic carbocycles. The van der Waals surface area contributed by atoms with E-state index in [1.165, 1.54) is 19.3 Å². The highest BCUT2D eigenvalue weighted by molar-refractivity contribution is 5.78. The van der Waals surface area contributed by atoms with Crippen LogP contribution in [0.1, 0.15) is 31.4 Å². The monoisotopic (exact) mass is 333 g/mol. The third kappa shape index (κ3) is 4.42. The molecule has 7 nitrogen and oxygen atoms in total. The Morgan fingerprint density at radius 2 is 2.08 bits per heavy atom. The molecule has 132 valence electrons. The third-order valence-corrected chi connectivity index (χ3v) is 4.88. The molecule has 7 heteroatoms. The fourth-order valence-corrected chi connectivity index (χ4v) is 3.45. The number of aromatic nitrogens is 2. The van der Waals surface area contributed by atoms with Gasteiger partial charge >= 0.3 is 0 Å². The van der Waals surface area contributed by atoms with E-state index in [0.717, 1.165) is 31.1 Å². The molecule has 1 unspecified atom stereocenters. The lowest BCUT2D eigenvalue weighted by Crippen LogP contribution is -2.48. The van der Waals surface area contributed by atoms with Crippen LogP contribution in [-0.4, -0.2) is 70.8 Å². The largest absolute Gasteiger partial charge is 0.386 e. The number of rotatable bonds is 5. The number of anilines is 1. The number of piperidine rings is 1. The molecule has 3 rings (SSSR count). The molecule has 1 amide bonds. The Morgan fingerprint density at radius 3 is 2.83 bits per heavy atom. The fraction of sp³-hybridized carbons (Fsp3) is 0.706. The molecule has 0 radical (unpaired) electrons. The zero-order valence-corrected chi connectivity index (χ0v) is 14.4. The van der Waals surface area contributed by atoms with Crippen LogP contribution in [0.5, 0.6) is 0 Å². The minimum atomic E-state index is -0.892. The summed E-state index contributed by atoms with van der Waals surface area (Å²) < 4.78 is 0. The second-order valence-electron chi connectivity index (χ2n) is 7.03. The Bertz CT molecular complexity index is 576. The zero-order chi connectivity index (χ0) is 17.0. The van der Waals surface area contributed by atoms with Crippen molar-refractivity contribution in [2.24, 2.45) is 0 Å². The maximum absolute atomic E-state index is 12.1. The lowest BCUT2D eigenvalue weighted by molar-refractivity contribution is -0.123. The first-order valence-electron chi connectivity index (χ1n) is 8.79. The first kappa shape index (κ1) is 17.1. The smallest absolute Gasteiger partial charge is 0.234 e. The summed E-state index contributed by atoms with van der Waals surface area (Å²) in [4.78, 5) is 24.7. The van der Waals surface area contributed by atoms with Gasteiger partial charge in [-0.1, -0.05) is 6.42 Å². The summed E-state index contributed by atoms with van der Waals surface area (Å²) in [7, 11) is 0. The summed E-state index contributed by atoms with van der Waals surface area (Å²) in [5.74, 6) is 0.833. The summed E-state index contributed by atoms with van der Waals surface area (Å²) in [6.07, 6.45) is 5.77. The van der Waals surface area contributed by atoms with Crippen molar-refractivity contribution in [3.8, 4) is 0 Å². The van der Waals surface area contributed by atoms with E-state index in [4.69, 9.17) is 0 Å². The Morgan fingerprint density at radius 1 is 1.29 bits per heavy atom. The van der Waals surface area contributed by atoms with Crippen LogP contribution in [0.2, 0.25) is 0 Å².